The molecule has 0 aliphatic carbocycles. The number of carbonyl (C=O) groups excluding carboxylic acids is 7. The van der Waals surface area contributed by atoms with Crippen LogP contribution in [0.15, 0.2) is 30.3 Å². The van der Waals surface area contributed by atoms with Crippen LogP contribution >= 0.6 is 24.2 Å². The first-order chi connectivity index (χ1) is 23.9. The van der Waals surface area contributed by atoms with Crippen LogP contribution in [0.3, 0.4) is 0 Å². The number of nitrogens with zero attached hydrogens (tertiary/aromatic N) is 2. The Labute approximate surface area is 310 Å². The maximum atomic E-state index is 13.0. The molecule has 0 bridgehead atoms. The summed E-state index contributed by atoms with van der Waals surface area (Å²) in [5.41, 5.74) is 6.65. The summed E-state index contributed by atoms with van der Waals surface area (Å²) in [5, 5.41) is 1.09. The highest BCUT2D eigenvalue weighted by molar-refractivity contribution is 8.01. The lowest BCUT2D eigenvalue weighted by Crippen LogP contribution is -2.71. The highest BCUT2D eigenvalue weighted by atomic mass is 35.5. The van der Waals surface area contributed by atoms with Gasteiger partial charge in [0, 0.05) is 17.6 Å². The zero-order valence-electron chi connectivity index (χ0n) is 28.8. The van der Waals surface area contributed by atoms with Crippen molar-refractivity contribution in [2.45, 2.75) is 104 Å². The van der Waals surface area contributed by atoms with Crippen molar-refractivity contribution >= 4 is 75.6 Å². The molecule has 1 aromatic carbocycles. The Morgan fingerprint density at radius 2 is 1.42 bits per heavy atom. The predicted molar refractivity (Wildman–Crippen MR) is 183 cm³/mol. The normalized spacial score (nSPS) is 26.3. The average molecular weight is 789 g/mol. The second kappa shape index (κ2) is 15.6. The third kappa shape index (κ3) is 7.58. The number of halogens is 1. The monoisotopic (exact) mass is 788 g/mol. The fourth-order valence-corrected chi connectivity index (χ4v) is 10.3. The van der Waals surface area contributed by atoms with E-state index in [0.29, 0.717) is 5.56 Å². The van der Waals surface area contributed by atoms with Crippen LogP contribution in [-0.4, -0.2) is 112 Å². The maximum Gasteiger partial charge on any atom is 0.333 e. The van der Waals surface area contributed by atoms with Crippen LogP contribution in [0.1, 0.15) is 71.4 Å². The zero-order valence-corrected chi connectivity index (χ0v) is 31.3. The van der Waals surface area contributed by atoms with Gasteiger partial charge in [0.2, 0.25) is 31.3 Å². The Bertz CT molecular complexity index is 1720. The molecule has 5 rings (SSSR count). The predicted octanol–water partition coefficient (Wildman–Crippen LogP) is 0.438. The third-order valence-electron chi connectivity index (χ3n) is 9.46. The number of fused-ring (bicyclic) bond motifs is 2. The highest BCUT2D eigenvalue weighted by Crippen LogP contribution is 2.51. The molecule has 4 saturated heterocycles. The van der Waals surface area contributed by atoms with Gasteiger partial charge in [-0.25, -0.2) is 18.0 Å². The van der Waals surface area contributed by atoms with Crippen LogP contribution in [-0.2, 0) is 62.3 Å². The van der Waals surface area contributed by atoms with E-state index in [-0.39, 0.29) is 44.5 Å². The second-order valence-electron chi connectivity index (χ2n) is 13.5. The van der Waals surface area contributed by atoms with Gasteiger partial charge in [0.15, 0.2) is 9.84 Å². The molecular formula is C32H41ClN4O13S2. The number of benzene rings is 1. The molecule has 0 spiro atoms. The Hall–Kier alpha value is -3.94. The summed E-state index contributed by atoms with van der Waals surface area (Å²) < 4.78 is 42.9. The minimum atomic E-state index is -3.79. The number of unbranched alkanes of at least 4 members (excludes halogenated alkanes) is 1. The summed E-state index contributed by atoms with van der Waals surface area (Å²) in [6.45, 7) is 4.73. The number of nitrogens with two attached hydrogens (primary N) is 1. The molecule has 0 aromatic heterocycles. The summed E-state index contributed by atoms with van der Waals surface area (Å²) in [4.78, 5) is 89.9. The van der Waals surface area contributed by atoms with Crippen LogP contribution in [0, 0.1) is 0 Å². The Morgan fingerprint density at radius 1 is 0.885 bits per heavy atom. The fraction of sp³-hybridized carbons (Fsp3) is 0.594. The van der Waals surface area contributed by atoms with E-state index in [0.717, 1.165) is 4.90 Å². The van der Waals surface area contributed by atoms with E-state index in [1.165, 1.54) is 30.5 Å². The largest absolute Gasteiger partial charge is 0.428 e. The number of rotatable bonds is 14. The molecule has 4 aliphatic rings. The van der Waals surface area contributed by atoms with Crippen LogP contribution in [0.5, 0.6) is 0 Å². The summed E-state index contributed by atoms with van der Waals surface area (Å²) >= 11 is 1.33. The number of hydrogen-bond acceptors (Lipinski definition) is 15. The van der Waals surface area contributed by atoms with Crippen LogP contribution < -0.4 is 11.1 Å². The van der Waals surface area contributed by atoms with E-state index in [1.54, 1.807) is 44.2 Å². The average Bonchev–Trinajstić information content (AvgIpc) is 3.40. The maximum absolute atomic E-state index is 13.0. The zero-order chi connectivity index (χ0) is 37.5. The molecule has 286 valence electrons. The number of nitrogens with one attached hydrogen (secondary N) is 1. The van der Waals surface area contributed by atoms with Gasteiger partial charge in [-0.1, -0.05) is 30.3 Å². The molecule has 52 heavy (non-hydrogen) atoms. The van der Waals surface area contributed by atoms with E-state index in [4.69, 9.17) is 24.7 Å². The molecule has 0 saturated carbocycles. The van der Waals surface area contributed by atoms with Crippen LogP contribution in [0.4, 0.5) is 0 Å². The molecule has 20 heteroatoms. The standard InChI is InChI=1S/C32H40N4O13S2.ClH/c1-31(2)24(36-27(41)23(28(36)50-31)34-26(40)22(33)17-10-6-5-7-11-17)29(42)48-15-46-20(38)12-8-9-13-21(39)47-16-49-30(43)25-32(3,4)51(44,45)19-14-18(37)35(19)25;/h5-7,10-11,19,22-25,28H,8-9,12-16,33H2,1-4H3,(H,34,40);1H/t19-,22?,23-,24+,25+,28-;/m1./s1. The van der Waals surface area contributed by atoms with Gasteiger partial charge in [0.25, 0.3) is 0 Å². The number of amides is 3. The van der Waals surface area contributed by atoms with Gasteiger partial charge in [-0.3, -0.25) is 24.0 Å². The number of β-lactam (4-membered cyclic amide) rings is 2. The molecule has 6 atom stereocenters. The number of sulfone groups is 1. The van der Waals surface area contributed by atoms with Crippen molar-refractivity contribution in [3.05, 3.63) is 35.9 Å². The van der Waals surface area contributed by atoms with Crippen molar-refractivity contribution in [2.24, 2.45) is 5.73 Å². The third-order valence-corrected chi connectivity index (χ3v) is 13.8. The molecule has 4 fully saturated rings. The van der Waals surface area contributed by atoms with Crippen molar-refractivity contribution in [3.8, 4) is 0 Å². The van der Waals surface area contributed by atoms with Gasteiger partial charge in [-0.2, -0.15) is 0 Å². The van der Waals surface area contributed by atoms with Gasteiger partial charge in [0.1, 0.15) is 34.9 Å². The summed E-state index contributed by atoms with van der Waals surface area (Å²) in [7, 11) is -3.79. The lowest BCUT2D eigenvalue weighted by atomic mass is 9.95. The van der Waals surface area contributed by atoms with E-state index in [1.807, 2.05) is 0 Å². The van der Waals surface area contributed by atoms with E-state index >= 15 is 0 Å². The van der Waals surface area contributed by atoms with Gasteiger partial charge in [-0.05, 0) is 46.1 Å². The number of esters is 4. The first-order valence-electron chi connectivity index (χ1n) is 16.2. The minimum Gasteiger partial charge on any atom is -0.428 e. The molecule has 4 aliphatic heterocycles. The number of hydrogen-bond donors (Lipinski definition) is 2. The lowest BCUT2D eigenvalue weighted by molar-refractivity contribution is -0.177. The van der Waals surface area contributed by atoms with Crippen molar-refractivity contribution in [1.29, 1.82) is 0 Å². The van der Waals surface area contributed by atoms with Crippen LogP contribution in [0.2, 0.25) is 0 Å². The first kappa shape index (κ1) is 40.8. The van der Waals surface area contributed by atoms with Crippen molar-refractivity contribution in [2.75, 3.05) is 13.6 Å². The van der Waals surface area contributed by atoms with E-state index in [9.17, 15) is 42.0 Å². The Balaban J connectivity index is 0.00000605. The Morgan fingerprint density at radius 3 is 1.96 bits per heavy atom. The number of ether oxygens (including phenoxy) is 4. The van der Waals surface area contributed by atoms with E-state index < -0.39 is 109 Å². The molecule has 1 aromatic rings. The molecule has 1 unspecified atom stereocenters. The number of carbonyl (C=O) groups is 7. The van der Waals surface area contributed by atoms with Crippen molar-refractivity contribution in [1.82, 2.24) is 15.1 Å². The van der Waals surface area contributed by atoms with Gasteiger partial charge >= 0.3 is 23.9 Å². The van der Waals surface area contributed by atoms with Gasteiger partial charge < -0.3 is 39.8 Å². The molecule has 3 N–H and O–H groups in total. The number of thioether (sulfide) groups is 1. The molecule has 0 radical (unpaired) electrons. The highest BCUT2D eigenvalue weighted by Gasteiger charge is 2.68. The second-order valence-corrected chi connectivity index (χ2v) is 18.0. The molecule has 3 amide bonds. The lowest BCUT2D eigenvalue weighted by Gasteiger charge is -2.44. The summed E-state index contributed by atoms with van der Waals surface area (Å²) in [6, 6.07) is 4.51. The summed E-state index contributed by atoms with van der Waals surface area (Å²) in [5.74, 6) is -4.68. The minimum absolute atomic E-state index is 0. The summed E-state index contributed by atoms with van der Waals surface area (Å²) in [6.07, 6.45) is -0.0151. The van der Waals surface area contributed by atoms with Crippen LogP contribution in [0.25, 0.3) is 0 Å². The van der Waals surface area contributed by atoms with Crippen molar-refractivity contribution in [3.63, 3.8) is 0 Å². The molecule has 4 heterocycles. The van der Waals surface area contributed by atoms with Gasteiger partial charge in [0.05, 0.1) is 11.2 Å². The fourth-order valence-electron chi connectivity index (χ4n) is 6.54. The SMILES string of the molecule is CC1(C)S[C@@H]2[C@H](NC(=O)C(N)c3ccccc3)C(=O)N2[C@H]1C(=O)OCOC(=O)CCCCC(=O)OCOC(=O)[C@@H]1N2C(=O)C[C@H]2S(=O)(=O)C1(C)C.Cl. The van der Waals surface area contributed by atoms with Gasteiger partial charge in [-0.15, -0.1) is 24.2 Å². The molecule has 17 nitrogen and oxygen atoms in total. The molecular weight excluding hydrogens is 748 g/mol. The topological polar surface area (TPSA) is 235 Å². The van der Waals surface area contributed by atoms with Crippen molar-refractivity contribution < 1.29 is 60.9 Å². The van der Waals surface area contributed by atoms with E-state index in [2.05, 4.69) is 5.32 Å². The quantitative estimate of drug-likeness (QED) is 0.113. The first-order valence-corrected chi connectivity index (χ1v) is 18.6. The smallest absolute Gasteiger partial charge is 0.333 e. The Kier molecular flexibility index (Phi) is 12.2.